The maximum atomic E-state index is 13.1. The first kappa shape index (κ1) is 20.6. The Morgan fingerprint density at radius 2 is 1.82 bits per heavy atom. The van der Waals surface area contributed by atoms with E-state index in [9.17, 15) is 14.4 Å². The van der Waals surface area contributed by atoms with Crippen molar-refractivity contribution in [2.45, 2.75) is 62.9 Å². The molecule has 0 spiro atoms. The second-order valence-electron chi connectivity index (χ2n) is 9.70. The molecule has 33 heavy (non-hydrogen) atoms. The summed E-state index contributed by atoms with van der Waals surface area (Å²) < 4.78 is 7.86. The van der Waals surface area contributed by atoms with Crippen LogP contribution in [-0.2, 0) is 27.9 Å². The molecule has 172 valence electrons. The van der Waals surface area contributed by atoms with E-state index in [-0.39, 0.29) is 24.1 Å². The Labute approximate surface area is 192 Å². The van der Waals surface area contributed by atoms with Crippen molar-refractivity contribution in [2.24, 2.45) is 7.05 Å². The van der Waals surface area contributed by atoms with Gasteiger partial charge in [0, 0.05) is 61.9 Å². The monoisotopic (exact) mass is 448 g/mol. The lowest BCUT2D eigenvalue weighted by molar-refractivity contribution is -0.136. The quantitative estimate of drug-likeness (QED) is 0.726. The molecule has 2 saturated heterocycles. The van der Waals surface area contributed by atoms with E-state index < -0.39 is 6.04 Å². The average molecular weight is 449 g/mol. The van der Waals surface area contributed by atoms with Crippen LogP contribution in [0.15, 0.2) is 18.2 Å². The largest absolute Gasteiger partial charge is 0.381 e. The van der Waals surface area contributed by atoms with Crippen LogP contribution in [0.25, 0.3) is 11.3 Å². The van der Waals surface area contributed by atoms with Gasteiger partial charge in [-0.15, -0.1) is 0 Å². The maximum absolute atomic E-state index is 13.1. The molecule has 1 unspecified atom stereocenters. The van der Waals surface area contributed by atoms with Crippen LogP contribution in [0.3, 0.4) is 0 Å². The molecule has 8 nitrogen and oxygen atoms in total. The predicted molar refractivity (Wildman–Crippen MR) is 119 cm³/mol. The Morgan fingerprint density at radius 1 is 1.03 bits per heavy atom. The first-order valence-corrected chi connectivity index (χ1v) is 11.9. The van der Waals surface area contributed by atoms with Gasteiger partial charge in [-0.1, -0.05) is 6.07 Å². The summed E-state index contributed by atoms with van der Waals surface area (Å²) in [4.78, 5) is 43.7. The molecule has 4 heterocycles. The number of fused-ring (bicyclic) bond motifs is 1. The van der Waals surface area contributed by atoms with Gasteiger partial charge in [-0.05, 0) is 49.8 Å². The fourth-order valence-electron chi connectivity index (χ4n) is 5.61. The SMILES string of the molecule is Cn1c(C2CCOCC2)nc(-c2ccc3c(c2)CN(C2CCC(=O)NC2=O)C3=O)c1C1CC1. The van der Waals surface area contributed by atoms with Crippen LogP contribution in [0.4, 0.5) is 0 Å². The number of imidazole rings is 1. The molecule has 1 saturated carbocycles. The van der Waals surface area contributed by atoms with E-state index in [4.69, 9.17) is 9.72 Å². The molecule has 3 amide bonds. The number of hydrogen-bond acceptors (Lipinski definition) is 5. The second-order valence-corrected chi connectivity index (χ2v) is 9.70. The zero-order chi connectivity index (χ0) is 22.7. The van der Waals surface area contributed by atoms with E-state index in [1.165, 1.54) is 18.5 Å². The van der Waals surface area contributed by atoms with Crippen LogP contribution in [0.1, 0.15) is 77.8 Å². The summed E-state index contributed by atoms with van der Waals surface area (Å²) in [5, 5.41) is 2.36. The predicted octanol–water partition coefficient (Wildman–Crippen LogP) is 2.62. The summed E-state index contributed by atoms with van der Waals surface area (Å²) in [6, 6.07) is 5.34. The van der Waals surface area contributed by atoms with Crippen LogP contribution in [0.5, 0.6) is 0 Å². The molecular weight excluding hydrogens is 420 g/mol. The number of rotatable bonds is 4. The minimum atomic E-state index is -0.594. The molecule has 1 aromatic heterocycles. The average Bonchev–Trinajstić information content (AvgIpc) is 3.52. The van der Waals surface area contributed by atoms with Gasteiger partial charge in [0.2, 0.25) is 11.8 Å². The molecule has 1 N–H and O–H groups in total. The van der Waals surface area contributed by atoms with Crippen LogP contribution >= 0.6 is 0 Å². The molecule has 8 heteroatoms. The minimum absolute atomic E-state index is 0.141. The highest BCUT2D eigenvalue weighted by Crippen LogP contribution is 2.46. The third-order valence-corrected chi connectivity index (χ3v) is 7.52. The van der Waals surface area contributed by atoms with Crippen LogP contribution in [0.2, 0.25) is 0 Å². The number of carbonyl (C=O) groups is 3. The number of ether oxygens (including phenoxy) is 1. The van der Waals surface area contributed by atoms with E-state index in [2.05, 4.69) is 23.0 Å². The summed E-state index contributed by atoms with van der Waals surface area (Å²) in [7, 11) is 2.14. The third kappa shape index (κ3) is 3.47. The lowest BCUT2D eigenvalue weighted by Gasteiger charge is -2.29. The minimum Gasteiger partial charge on any atom is -0.381 e. The highest BCUT2D eigenvalue weighted by molar-refractivity contribution is 6.05. The fraction of sp³-hybridized carbons (Fsp3) is 0.520. The maximum Gasteiger partial charge on any atom is 0.255 e. The number of piperidine rings is 1. The van der Waals surface area contributed by atoms with Gasteiger partial charge < -0.3 is 14.2 Å². The number of amides is 3. The standard InChI is InChI=1S/C25H28N4O4/c1-28-22(14-2-3-14)21(27-23(28)15-8-10-33-11-9-15)16-4-5-18-17(12-16)13-29(25(18)32)19-6-7-20(30)26-24(19)31/h4-5,12,14-15,19H,2-3,6-11,13H2,1H3,(H,26,30,31). The van der Waals surface area contributed by atoms with Gasteiger partial charge in [-0.25, -0.2) is 4.98 Å². The molecule has 1 aliphatic carbocycles. The first-order valence-electron chi connectivity index (χ1n) is 11.9. The molecule has 3 fully saturated rings. The zero-order valence-corrected chi connectivity index (χ0v) is 18.8. The summed E-state index contributed by atoms with van der Waals surface area (Å²) in [6.45, 7) is 1.94. The Morgan fingerprint density at radius 3 is 2.55 bits per heavy atom. The van der Waals surface area contributed by atoms with Crippen LogP contribution in [-0.4, -0.2) is 51.4 Å². The van der Waals surface area contributed by atoms with Gasteiger partial charge in [0.05, 0.1) is 5.69 Å². The Balaban J connectivity index is 1.33. The van der Waals surface area contributed by atoms with Gasteiger partial charge in [-0.3, -0.25) is 19.7 Å². The van der Waals surface area contributed by atoms with Crippen molar-refractivity contribution in [3.63, 3.8) is 0 Å². The van der Waals surface area contributed by atoms with Crippen molar-refractivity contribution in [1.82, 2.24) is 19.8 Å². The second kappa shape index (κ2) is 7.80. The van der Waals surface area contributed by atoms with E-state index in [0.717, 1.165) is 48.7 Å². The molecule has 4 aliphatic rings. The summed E-state index contributed by atoms with van der Waals surface area (Å²) in [6.07, 6.45) is 4.99. The molecule has 1 aromatic carbocycles. The molecule has 3 aliphatic heterocycles. The van der Waals surface area contributed by atoms with Gasteiger partial charge in [0.1, 0.15) is 11.9 Å². The Kier molecular flexibility index (Phi) is 4.87. The van der Waals surface area contributed by atoms with E-state index >= 15 is 0 Å². The Bertz CT molecular complexity index is 1160. The lowest BCUT2D eigenvalue weighted by Crippen LogP contribution is -2.52. The van der Waals surface area contributed by atoms with E-state index in [1.807, 2.05) is 12.1 Å². The first-order chi connectivity index (χ1) is 16.0. The molecule has 1 atom stereocenters. The summed E-state index contributed by atoms with van der Waals surface area (Å²) >= 11 is 0. The van der Waals surface area contributed by atoms with Crippen molar-refractivity contribution < 1.29 is 19.1 Å². The van der Waals surface area contributed by atoms with Gasteiger partial charge in [-0.2, -0.15) is 0 Å². The zero-order valence-electron chi connectivity index (χ0n) is 18.8. The van der Waals surface area contributed by atoms with E-state index in [1.54, 1.807) is 4.90 Å². The number of nitrogens with zero attached hydrogens (tertiary/aromatic N) is 3. The number of nitrogens with one attached hydrogen (secondary N) is 1. The highest BCUT2D eigenvalue weighted by atomic mass is 16.5. The Hall–Kier alpha value is -3.00. The van der Waals surface area contributed by atoms with Crippen LogP contribution < -0.4 is 5.32 Å². The van der Waals surface area contributed by atoms with Crippen LogP contribution in [0, 0.1) is 0 Å². The summed E-state index contributed by atoms with van der Waals surface area (Å²) in [5.41, 5.74) is 4.90. The highest BCUT2D eigenvalue weighted by Gasteiger charge is 2.40. The molecule has 0 bridgehead atoms. The molecule has 2 aromatic rings. The smallest absolute Gasteiger partial charge is 0.255 e. The van der Waals surface area contributed by atoms with Crippen molar-refractivity contribution in [2.75, 3.05) is 13.2 Å². The van der Waals surface area contributed by atoms with Crippen molar-refractivity contribution in [3.05, 3.63) is 40.8 Å². The lowest BCUT2D eigenvalue weighted by atomic mass is 9.99. The van der Waals surface area contributed by atoms with Crippen molar-refractivity contribution >= 4 is 17.7 Å². The number of carbonyl (C=O) groups excluding carboxylic acids is 3. The van der Waals surface area contributed by atoms with E-state index in [0.29, 0.717) is 30.4 Å². The fourth-order valence-corrected chi connectivity index (χ4v) is 5.61. The van der Waals surface area contributed by atoms with Crippen molar-refractivity contribution in [3.8, 4) is 11.3 Å². The van der Waals surface area contributed by atoms with Crippen molar-refractivity contribution in [1.29, 1.82) is 0 Å². The van der Waals surface area contributed by atoms with Gasteiger partial charge in [0.15, 0.2) is 0 Å². The molecular formula is C25H28N4O4. The number of imide groups is 1. The van der Waals surface area contributed by atoms with Gasteiger partial charge >= 0.3 is 0 Å². The van der Waals surface area contributed by atoms with Gasteiger partial charge in [0.25, 0.3) is 5.91 Å². The third-order valence-electron chi connectivity index (χ3n) is 7.52. The number of aromatic nitrogens is 2. The molecule has 6 rings (SSSR count). The number of hydrogen-bond donors (Lipinski definition) is 1. The topological polar surface area (TPSA) is 93.5 Å². The number of benzene rings is 1. The molecule has 0 radical (unpaired) electrons. The normalized spacial score (nSPS) is 23.7. The summed E-state index contributed by atoms with van der Waals surface area (Å²) in [5.74, 6) is 1.30.